The summed E-state index contributed by atoms with van der Waals surface area (Å²) in [5.74, 6) is 0.0340. The van der Waals surface area contributed by atoms with E-state index in [1.54, 1.807) is 7.05 Å². The summed E-state index contributed by atoms with van der Waals surface area (Å²) in [5, 5.41) is 0. The zero-order chi connectivity index (χ0) is 11.9. The van der Waals surface area contributed by atoms with Crippen molar-refractivity contribution in [2.45, 2.75) is 26.3 Å². The van der Waals surface area contributed by atoms with Crippen molar-refractivity contribution in [1.82, 2.24) is 4.31 Å². The first kappa shape index (κ1) is 14.8. The average Bonchev–Trinajstić information content (AvgIpc) is 2.17. The molecule has 1 unspecified atom stereocenters. The number of nitrogens with two attached hydrogens (primary N) is 1. The van der Waals surface area contributed by atoms with E-state index >= 15 is 0 Å². The lowest BCUT2D eigenvalue weighted by atomic mass is 10.2. The maximum atomic E-state index is 11.7. The van der Waals surface area contributed by atoms with Crippen molar-refractivity contribution in [1.29, 1.82) is 0 Å². The number of sulfonamides is 1. The predicted molar refractivity (Wildman–Crippen MR) is 61.2 cm³/mol. The third-order valence-electron chi connectivity index (χ3n) is 2.33. The fourth-order valence-corrected chi connectivity index (χ4v) is 2.42. The zero-order valence-corrected chi connectivity index (χ0v) is 10.6. The minimum Gasteiger partial charge on any atom is -0.381 e. The first-order valence-corrected chi connectivity index (χ1v) is 6.80. The van der Waals surface area contributed by atoms with Gasteiger partial charge in [0.05, 0.1) is 12.4 Å². The van der Waals surface area contributed by atoms with Crippen LogP contribution in [0.4, 0.5) is 0 Å². The number of hydrogen-bond acceptors (Lipinski definition) is 4. The molecule has 0 saturated heterocycles. The van der Waals surface area contributed by atoms with Crippen molar-refractivity contribution in [2.75, 3.05) is 32.6 Å². The van der Waals surface area contributed by atoms with Crippen molar-refractivity contribution >= 4 is 10.0 Å². The van der Waals surface area contributed by atoms with E-state index in [1.807, 2.05) is 13.8 Å². The molecule has 92 valence electrons. The highest BCUT2D eigenvalue weighted by molar-refractivity contribution is 7.89. The molecule has 0 aromatic carbocycles. The Balaban J connectivity index is 4.19. The Bertz CT molecular complexity index is 254. The van der Waals surface area contributed by atoms with E-state index in [2.05, 4.69) is 0 Å². The van der Waals surface area contributed by atoms with Crippen LogP contribution in [0.25, 0.3) is 0 Å². The number of ether oxygens (including phenoxy) is 1. The second-order valence-electron chi connectivity index (χ2n) is 3.46. The van der Waals surface area contributed by atoms with Crippen LogP contribution < -0.4 is 5.73 Å². The molecule has 0 amide bonds. The van der Waals surface area contributed by atoms with Crippen LogP contribution in [0.15, 0.2) is 0 Å². The van der Waals surface area contributed by atoms with Gasteiger partial charge in [0.25, 0.3) is 0 Å². The molecule has 0 aliphatic carbocycles. The van der Waals surface area contributed by atoms with Crippen molar-refractivity contribution < 1.29 is 13.2 Å². The van der Waals surface area contributed by atoms with Gasteiger partial charge in [0.2, 0.25) is 10.0 Å². The first-order chi connectivity index (χ1) is 6.95. The highest BCUT2D eigenvalue weighted by Crippen LogP contribution is 2.07. The topological polar surface area (TPSA) is 72.6 Å². The molecule has 5 nitrogen and oxygen atoms in total. The first-order valence-electron chi connectivity index (χ1n) is 5.19. The summed E-state index contributed by atoms with van der Waals surface area (Å²) in [5.41, 5.74) is 5.39. The summed E-state index contributed by atoms with van der Waals surface area (Å²) >= 11 is 0. The Morgan fingerprint density at radius 3 is 2.53 bits per heavy atom. The molecule has 2 N–H and O–H groups in total. The Morgan fingerprint density at radius 2 is 2.07 bits per heavy atom. The molecule has 0 aromatic rings. The van der Waals surface area contributed by atoms with Crippen LogP contribution in [-0.2, 0) is 14.8 Å². The van der Waals surface area contributed by atoms with E-state index in [9.17, 15) is 8.42 Å². The maximum Gasteiger partial charge on any atom is 0.216 e. The van der Waals surface area contributed by atoms with Gasteiger partial charge in [-0.3, -0.25) is 0 Å². The van der Waals surface area contributed by atoms with Crippen LogP contribution in [0, 0.1) is 0 Å². The van der Waals surface area contributed by atoms with Gasteiger partial charge in [-0.25, -0.2) is 12.7 Å². The molecule has 0 radical (unpaired) electrons. The van der Waals surface area contributed by atoms with Crippen LogP contribution in [0.5, 0.6) is 0 Å². The van der Waals surface area contributed by atoms with Crippen molar-refractivity contribution in [3.05, 3.63) is 0 Å². The van der Waals surface area contributed by atoms with Gasteiger partial charge in [-0.15, -0.1) is 0 Å². The zero-order valence-electron chi connectivity index (χ0n) is 9.77. The molecule has 1 atom stereocenters. The lowest BCUT2D eigenvalue weighted by Gasteiger charge is -2.23. The van der Waals surface area contributed by atoms with Gasteiger partial charge < -0.3 is 10.5 Å². The van der Waals surface area contributed by atoms with Crippen molar-refractivity contribution in [3.63, 3.8) is 0 Å². The van der Waals surface area contributed by atoms with Crippen LogP contribution in [0.3, 0.4) is 0 Å². The third-order valence-corrected chi connectivity index (χ3v) is 4.25. The predicted octanol–water partition coefficient (Wildman–Crippen LogP) is 0.0218. The largest absolute Gasteiger partial charge is 0.381 e. The molecule has 0 rings (SSSR count). The normalized spacial score (nSPS) is 14.5. The van der Waals surface area contributed by atoms with E-state index < -0.39 is 10.0 Å². The van der Waals surface area contributed by atoms with Gasteiger partial charge in [-0.1, -0.05) is 0 Å². The molecule has 15 heavy (non-hydrogen) atoms. The highest BCUT2D eigenvalue weighted by Gasteiger charge is 2.22. The van der Waals surface area contributed by atoms with Gasteiger partial charge in [-0.2, -0.15) is 0 Å². The summed E-state index contributed by atoms with van der Waals surface area (Å²) in [6.45, 7) is 4.97. The monoisotopic (exact) mass is 238 g/mol. The molecule has 0 bridgehead atoms. The fourth-order valence-electron chi connectivity index (χ4n) is 1.15. The van der Waals surface area contributed by atoms with E-state index in [-0.39, 0.29) is 18.4 Å². The van der Waals surface area contributed by atoms with E-state index in [0.717, 1.165) is 0 Å². The second-order valence-corrected chi connectivity index (χ2v) is 5.60. The van der Waals surface area contributed by atoms with Crippen LogP contribution in [0.2, 0.25) is 0 Å². The summed E-state index contributed by atoms with van der Waals surface area (Å²) < 4.78 is 29.9. The number of nitrogens with zero attached hydrogens (tertiary/aromatic N) is 1. The lowest BCUT2D eigenvalue weighted by Crippen LogP contribution is -2.38. The van der Waals surface area contributed by atoms with Gasteiger partial charge in [0, 0.05) is 19.7 Å². The minimum atomic E-state index is -3.20. The molecular formula is C9H22N2O3S. The number of hydrogen-bond donors (Lipinski definition) is 1. The molecule has 0 saturated carbocycles. The van der Waals surface area contributed by atoms with E-state index in [4.69, 9.17) is 10.5 Å². The van der Waals surface area contributed by atoms with E-state index in [1.165, 1.54) is 4.31 Å². The van der Waals surface area contributed by atoms with Gasteiger partial charge in [0.1, 0.15) is 0 Å². The Hall–Kier alpha value is -0.170. The van der Waals surface area contributed by atoms with Crippen molar-refractivity contribution in [3.8, 4) is 0 Å². The lowest BCUT2D eigenvalue weighted by molar-refractivity contribution is 0.162. The number of rotatable bonds is 8. The molecule has 0 aromatic heterocycles. The molecule has 0 heterocycles. The quantitative estimate of drug-likeness (QED) is 0.605. The highest BCUT2D eigenvalue weighted by atomic mass is 32.2. The van der Waals surface area contributed by atoms with Gasteiger partial charge in [-0.05, 0) is 26.8 Å². The van der Waals surface area contributed by atoms with Gasteiger partial charge in [0.15, 0.2) is 0 Å². The van der Waals surface area contributed by atoms with Crippen LogP contribution in [0.1, 0.15) is 20.3 Å². The molecule has 0 aliphatic heterocycles. The van der Waals surface area contributed by atoms with E-state index in [0.29, 0.717) is 19.6 Å². The second kappa shape index (κ2) is 7.16. The van der Waals surface area contributed by atoms with Crippen molar-refractivity contribution in [2.24, 2.45) is 5.73 Å². The molecule has 0 spiro atoms. The fraction of sp³-hybridized carbons (Fsp3) is 1.00. The molecule has 6 heteroatoms. The SMILES string of the molecule is CCOCCS(=O)(=O)N(C)C(C)CCN. The summed E-state index contributed by atoms with van der Waals surface area (Å²) in [4.78, 5) is 0. The van der Waals surface area contributed by atoms with Gasteiger partial charge >= 0.3 is 0 Å². The molecule has 0 aliphatic rings. The minimum absolute atomic E-state index is 0.0340. The Morgan fingerprint density at radius 1 is 1.47 bits per heavy atom. The van der Waals surface area contributed by atoms with Crippen LogP contribution in [-0.4, -0.2) is 51.3 Å². The molecular weight excluding hydrogens is 216 g/mol. The molecule has 0 fully saturated rings. The maximum absolute atomic E-state index is 11.7. The van der Waals surface area contributed by atoms with Crippen LogP contribution >= 0.6 is 0 Å². The average molecular weight is 238 g/mol. The summed E-state index contributed by atoms with van der Waals surface area (Å²) in [6.07, 6.45) is 0.671. The summed E-state index contributed by atoms with van der Waals surface area (Å²) in [7, 11) is -1.62. The Labute approximate surface area is 92.6 Å². The Kier molecular flexibility index (Phi) is 7.08. The third kappa shape index (κ3) is 5.46. The smallest absolute Gasteiger partial charge is 0.216 e. The summed E-state index contributed by atoms with van der Waals surface area (Å²) in [6, 6.07) is -0.0540. The standard InChI is InChI=1S/C9H22N2O3S/c1-4-14-7-8-15(12,13)11(3)9(2)5-6-10/h9H,4-8,10H2,1-3H3.